The first kappa shape index (κ1) is 13.2. The summed E-state index contributed by atoms with van der Waals surface area (Å²) in [6.45, 7) is 1.25. The molecule has 1 heterocycles. The zero-order chi connectivity index (χ0) is 13.0. The molecule has 7 nitrogen and oxygen atoms in total. The van der Waals surface area contributed by atoms with Gasteiger partial charge in [0.05, 0.1) is 11.3 Å². The lowest BCUT2D eigenvalue weighted by molar-refractivity contribution is -0.384. The van der Waals surface area contributed by atoms with Crippen LogP contribution in [-0.2, 0) is 9.59 Å². The molecule has 17 heavy (non-hydrogen) atoms. The van der Waals surface area contributed by atoms with Crippen LogP contribution in [0.2, 0.25) is 0 Å². The Bertz CT molecular complexity index is 489. The number of anilines is 1. The van der Waals surface area contributed by atoms with Crippen LogP contribution in [0.15, 0.2) is 16.7 Å². The van der Waals surface area contributed by atoms with Crippen molar-refractivity contribution in [3.63, 3.8) is 0 Å². The average molecular weight is 302 g/mol. The van der Waals surface area contributed by atoms with E-state index in [4.69, 9.17) is 0 Å². The highest BCUT2D eigenvalue weighted by molar-refractivity contribution is 9.10. The smallest absolute Gasteiger partial charge is 0.305 e. The van der Waals surface area contributed by atoms with E-state index in [1.54, 1.807) is 0 Å². The number of Topliss-reactive ketones (excluding diaryl/α,β-unsaturated/α-hetero) is 1. The summed E-state index contributed by atoms with van der Waals surface area (Å²) in [6.07, 6.45) is 0.977. The fourth-order valence-corrected chi connectivity index (χ4v) is 1.39. The lowest BCUT2D eigenvalue weighted by Gasteiger charge is -2.03. The number of amides is 1. The Morgan fingerprint density at radius 1 is 1.59 bits per heavy atom. The number of carbonyl (C=O) groups excluding carboxylic acids is 2. The van der Waals surface area contributed by atoms with Crippen molar-refractivity contribution in [2.75, 3.05) is 5.32 Å². The molecule has 0 aliphatic heterocycles. The van der Waals surface area contributed by atoms with Gasteiger partial charge in [0.15, 0.2) is 0 Å². The SMILES string of the molecule is CC(=O)CC(=O)Nc1ncc(Br)cc1[N+](=O)[O-]. The highest BCUT2D eigenvalue weighted by Gasteiger charge is 2.18. The fraction of sp³-hybridized carbons (Fsp3) is 0.222. The van der Waals surface area contributed by atoms with Crippen LogP contribution < -0.4 is 5.32 Å². The van der Waals surface area contributed by atoms with E-state index >= 15 is 0 Å². The topological polar surface area (TPSA) is 102 Å². The number of pyridine rings is 1. The minimum atomic E-state index is -0.666. The summed E-state index contributed by atoms with van der Waals surface area (Å²) in [5.41, 5.74) is -0.337. The molecule has 0 aromatic carbocycles. The maximum absolute atomic E-state index is 11.3. The normalized spacial score (nSPS) is 9.76. The summed E-state index contributed by atoms with van der Waals surface area (Å²) in [4.78, 5) is 35.7. The third kappa shape index (κ3) is 3.91. The first-order chi connectivity index (χ1) is 7.90. The molecule has 0 atom stereocenters. The van der Waals surface area contributed by atoms with Crippen LogP contribution in [0.1, 0.15) is 13.3 Å². The zero-order valence-corrected chi connectivity index (χ0v) is 10.4. The highest BCUT2D eigenvalue weighted by Crippen LogP contribution is 2.25. The second-order valence-electron chi connectivity index (χ2n) is 3.21. The second-order valence-corrected chi connectivity index (χ2v) is 4.12. The van der Waals surface area contributed by atoms with E-state index in [9.17, 15) is 19.7 Å². The molecular weight excluding hydrogens is 294 g/mol. The number of halogens is 1. The van der Waals surface area contributed by atoms with E-state index in [1.807, 2.05) is 0 Å². The summed E-state index contributed by atoms with van der Waals surface area (Å²) >= 11 is 3.04. The second kappa shape index (κ2) is 5.48. The molecule has 8 heteroatoms. The van der Waals surface area contributed by atoms with Crippen molar-refractivity contribution < 1.29 is 14.5 Å². The molecule has 0 spiro atoms. The molecule has 0 unspecified atom stereocenters. The largest absolute Gasteiger partial charge is 0.312 e. The number of nitro groups is 1. The Morgan fingerprint density at radius 3 is 2.76 bits per heavy atom. The molecule has 90 valence electrons. The van der Waals surface area contributed by atoms with Gasteiger partial charge in [0.2, 0.25) is 11.7 Å². The molecule has 0 bridgehead atoms. The molecule has 1 aromatic heterocycles. The number of hydrogen-bond acceptors (Lipinski definition) is 5. The molecule has 1 aromatic rings. The average Bonchev–Trinajstić information content (AvgIpc) is 2.19. The van der Waals surface area contributed by atoms with E-state index in [1.165, 1.54) is 19.2 Å². The monoisotopic (exact) mass is 301 g/mol. The van der Waals surface area contributed by atoms with E-state index in [-0.39, 0.29) is 23.7 Å². The van der Waals surface area contributed by atoms with E-state index in [0.717, 1.165) is 0 Å². The van der Waals surface area contributed by atoms with Crippen LogP contribution in [0.4, 0.5) is 11.5 Å². The minimum Gasteiger partial charge on any atom is -0.305 e. The lowest BCUT2D eigenvalue weighted by atomic mass is 10.3. The van der Waals surface area contributed by atoms with Crippen molar-refractivity contribution in [3.05, 3.63) is 26.9 Å². The summed E-state index contributed by atoms with van der Waals surface area (Å²) in [5.74, 6) is -1.14. The van der Waals surface area contributed by atoms with Gasteiger partial charge in [-0.3, -0.25) is 19.7 Å². The molecule has 0 saturated heterocycles. The van der Waals surface area contributed by atoms with Crippen LogP contribution in [0.5, 0.6) is 0 Å². The van der Waals surface area contributed by atoms with Crippen molar-refractivity contribution in [2.45, 2.75) is 13.3 Å². The third-order valence-corrected chi connectivity index (χ3v) is 2.13. The van der Waals surface area contributed by atoms with Gasteiger partial charge < -0.3 is 5.32 Å². The number of nitrogens with zero attached hydrogens (tertiary/aromatic N) is 2. The minimum absolute atomic E-state index is 0.176. The van der Waals surface area contributed by atoms with Crippen LogP contribution in [0, 0.1) is 10.1 Å². The van der Waals surface area contributed by atoms with E-state index in [0.29, 0.717) is 4.47 Å². The Labute approximate surface area is 105 Å². The molecule has 1 N–H and O–H groups in total. The quantitative estimate of drug-likeness (QED) is 0.518. The fourth-order valence-electron chi connectivity index (χ4n) is 1.07. The maximum Gasteiger partial charge on any atom is 0.312 e. The van der Waals surface area contributed by atoms with Gasteiger partial charge in [-0.25, -0.2) is 4.98 Å². The van der Waals surface area contributed by atoms with Crippen molar-refractivity contribution in [1.29, 1.82) is 0 Å². The van der Waals surface area contributed by atoms with Crippen molar-refractivity contribution in [2.24, 2.45) is 0 Å². The first-order valence-electron chi connectivity index (χ1n) is 4.49. The number of ketones is 1. The molecular formula is C9H8BrN3O4. The van der Waals surface area contributed by atoms with Crippen molar-refractivity contribution in [3.8, 4) is 0 Å². The van der Waals surface area contributed by atoms with Crippen LogP contribution >= 0.6 is 15.9 Å². The van der Waals surface area contributed by atoms with Gasteiger partial charge >= 0.3 is 5.69 Å². The Kier molecular flexibility index (Phi) is 4.27. The number of aromatic nitrogens is 1. The van der Waals surface area contributed by atoms with Crippen molar-refractivity contribution >= 4 is 39.1 Å². The number of hydrogen-bond donors (Lipinski definition) is 1. The van der Waals surface area contributed by atoms with Crippen molar-refractivity contribution in [1.82, 2.24) is 4.98 Å². The summed E-state index contributed by atoms with van der Waals surface area (Å²) in [5, 5.41) is 12.9. The van der Waals surface area contributed by atoms with Crippen LogP contribution in [0.25, 0.3) is 0 Å². The predicted molar refractivity (Wildman–Crippen MR) is 62.5 cm³/mol. The molecule has 1 rings (SSSR count). The molecule has 0 saturated carbocycles. The van der Waals surface area contributed by atoms with Gasteiger partial charge in [-0.1, -0.05) is 0 Å². The maximum atomic E-state index is 11.3. The first-order valence-corrected chi connectivity index (χ1v) is 5.28. The summed E-state index contributed by atoms with van der Waals surface area (Å²) in [6, 6.07) is 1.22. The van der Waals surface area contributed by atoms with Gasteiger partial charge in [0, 0.05) is 16.7 Å². The third-order valence-electron chi connectivity index (χ3n) is 1.70. The van der Waals surface area contributed by atoms with Gasteiger partial charge in [-0.15, -0.1) is 0 Å². The Balaban J connectivity index is 2.94. The molecule has 0 aliphatic rings. The van der Waals surface area contributed by atoms with Gasteiger partial charge in [0.1, 0.15) is 5.78 Å². The summed E-state index contributed by atoms with van der Waals surface area (Å²) < 4.78 is 0.425. The van der Waals surface area contributed by atoms with Crippen LogP contribution in [0.3, 0.4) is 0 Å². The van der Waals surface area contributed by atoms with Crippen LogP contribution in [-0.4, -0.2) is 21.6 Å². The zero-order valence-electron chi connectivity index (χ0n) is 8.77. The number of nitrogens with one attached hydrogen (secondary N) is 1. The lowest BCUT2D eigenvalue weighted by Crippen LogP contribution is -2.16. The highest BCUT2D eigenvalue weighted by atomic mass is 79.9. The Morgan fingerprint density at radius 2 is 2.24 bits per heavy atom. The standard InChI is InChI=1S/C9H8BrN3O4/c1-5(14)2-8(15)12-9-7(13(16)17)3-6(10)4-11-9/h3-4H,2H2,1H3,(H,11,12,15). The van der Waals surface area contributed by atoms with E-state index in [2.05, 4.69) is 26.2 Å². The predicted octanol–water partition coefficient (Wildman–Crippen LogP) is 1.67. The van der Waals surface area contributed by atoms with Gasteiger partial charge in [0.25, 0.3) is 0 Å². The molecule has 0 aliphatic carbocycles. The molecule has 1 amide bonds. The van der Waals surface area contributed by atoms with Gasteiger partial charge in [-0.05, 0) is 22.9 Å². The van der Waals surface area contributed by atoms with E-state index < -0.39 is 10.8 Å². The summed E-state index contributed by atoms with van der Waals surface area (Å²) in [7, 11) is 0. The number of rotatable bonds is 4. The Hall–Kier alpha value is -1.83. The molecule has 0 fully saturated rings. The number of carbonyl (C=O) groups is 2. The molecule has 0 radical (unpaired) electrons. The van der Waals surface area contributed by atoms with Gasteiger partial charge in [-0.2, -0.15) is 0 Å².